The van der Waals surface area contributed by atoms with Crippen LogP contribution in [-0.2, 0) is 0 Å². The molecule has 92 valence electrons. The van der Waals surface area contributed by atoms with Gasteiger partial charge in [0.25, 0.3) is 0 Å². The number of thioether (sulfide) groups is 1. The third kappa shape index (κ3) is 5.25. The van der Waals surface area contributed by atoms with Crippen molar-refractivity contribution in [2.24, 2.45) is 5.92 Å². The van der Waals surface area contributed by atoms with Gasteiger partial charge in [0.15, 0.2) is 0 Å². The molecule has 1 N–H and O–H groups in total. The molecular formula is C13H24N2S. The van der Waals surface area contributed by atoms with Gasteiger partial charge >= 0.3 is 0 Å². The smallest absolute Gasteiger partial charge is 0.0545 e. The summed E-state index contributed by atoms with van der Waals surface area (Å²) in [6.45, 7) is 5.90. The second-order valence-electron chi connectivity index (χ2n) is 4.66. The molecule has 1 saturated heterocycles. The first-order valence-electron chi connectivity index (χ1n) is 6.17. The highest BCUT2D eigenvalue weighted by Gasteiger charge is 2.21. The summed E-state index contributed by atoms with van der Waals surface area (Å²) in [5, 5.41) is 3.62. The first-order chi connectivity index (χ1) is 7.74. The molecule has 0 spiro atoms. The van der Waals surface area contributed by atoms with E-state index in [0.29, 0.717) is 6.04 Å². The van der Waals surface area contributed by atoms with Crippen molar-refractivity contribution in [3.8, 4) is 12.3 Å². The molecule has 2 nitrogen and oxygen atoms in total. The SMILES string of the molecule is C#CCSCCNC(C)C1CCCN(C)C1. The molecule has 1 aliphatic rings. The molecule has 2 atom stereocenters. The Kier molecular flexibility index (Phi) is 6.95. The maximum absolute atomic E-state index is 5.21. The summed E-state index contributed by atoms with van der Waals surface area (Å²) in [7, 11) is 2.22. The zero-order valence-corrected chi connectivity index (χ0v) is 11.4. The average Bonchev–Trinajstić information content (AvgIpc) is 2.28. The van der Waals surface area contributed by atoms with E-state index in [-0.39, 0.29) is 0 Å². The molecule has 0 radical (unpaired) electrons. The van der Waals surface area contributed by atoms with E-state index < -0.39 is 0 Å². The van der Waals surface area contributed by atoms with Crippen LogP contribution < -0.4 is 5.32 Å². The van der Waals surface area contributed by atoms with Crippen LogP contribution in [0, 0.1) is 18.3 Å². The zero-order chi connectivity index (χ0) is 11.8. The van der Waals surface area contributed by atoms with Crippen molar-refractivity contribution in [2.45, 2.75) is 25.8 Å². The topological polar surface area (TPSA) is 15.3 Å². The average molecular weight is 240 g/mol. The van der Waals surface area contributed by atoms with Crippen LogP contribution in [0.15, 0.2) is 0 Å². The maximum atomic E-state index is 5.21. The number of hydrogen-bond donors (Lipinski definition) is 1. The quantitative estimate of drug-likeness (QED) is 0.562. The standard InChI is InChI=1S/C13H24N2S/c1-4-9-16-10-7-14-12(2)13-6-5-8-15(3)11-13/h1,12-14H,5-11H2,2-3H3. The fraction of sp³-hybridized carbons (Fsp3) is 0.846. The second-order valence-corrected chi connectivity index (χ2v) is 5.77. The largest absolute Gasteiger partial charge is 0.313 e. The van der Waals surface area contributed by atoms with Crippen molar-refractivity contribution in [3.05, 3.63) is 0 Å². The Morgan fingerprint density at radius 1 is 1.62 bits per heavy atom. The minimum atomic E-state index is 0.634. The molecule has 3 heteroatoms. The first-order valence-corrected chi connectivity index (χ1v) is 7.32. The molecule has 0 aromatic carbocycles. The Bertz CT molecular complexity index is 224. The first kappa shape index (κ1) is 13.9. The van der Waals surface area contributed by atoms with Gasteiger partial charge in [0.1, 0.15) is 0 Å². The molecule has 1 aliphatic heterocycles. The lowest BCUT2D eigenvalue weighted by Crippen LogP contribution is -2.43. The summed E-state index contributed by atoms with van der Waals surface area (Å²) in [5.74, 6) is 5.43. The normalized spacial score (nSPS) is 23.9. The van der Waals surface area contributed by atoms with Crippen molar-refractivity contribution >= 4 is 11.8 Å². The fourth-order valence-electron chi connectivity index (χ4n) is 2.27. The van der Waals surface area contributed by atoms with E-state index in [1.54, 1.807) is 0 Å². The van der Waals surface area contributed by atoms with Crippen molar-refractivity contribution in [3.63, 3.8) is 0 Å². The van der Waals surface area contributed by atoms with Crippen molar-refractivity contribution < 1.29 is 0 Å². The summed E-state index contributed by atoms with van der Waals surface area (Å²) in [6, 6.07) is 0.634. The van der Waals surface area contributed by atoms with Crippen molar-refractivity contribution in [1.29, 1.82) is 0 Å². The maximum Gasteiger partial charge on any atom is 0.0545 e. The van der Waals surface area contributed by atoms with Gasteiger partial charge in [-0.15, -0.1) is 18.2 Å². The molecule has 16 heavy (non-hydrogen) atoms. The van der Waals surface area contributed by atoms with Crippen LogP contribution in [-0.4, -0.2) is 49.1 Å². The highest BCUT2D eigenvalue weighted by atomic mass is 32.2. The van der Waals surface area contributed by atoms with Gasteiger partial charge in [0.2, 0.25) is 0 Å². The molecule has 0 bridgehead atoms. The van der Waals surface area contributed by atoms with E-state index in [1.807, 2.05) is 11.8 Å². The van der Waals surface area contributed by atoms with Gasteiger partial charge in [0, 0.05) is 24.9 Å². The molecule has 0 saturated carbocycles. The lowest BCUT2D eigenvalue weighted by molar-refractivity contribution is 0.180. The lowest BCUT2D eigenvalue weighted by Gasteiger charge is -2.34. The minimum absolute atomic E-state index is 0.634. The van der Waals surface area contributed by atoms with Crippen LogP contribution >= 0.6 is 11.8 Å². The molecule has 1 fully saturated rings. The van der Waals surface area contributed by atoms with Gasteiger partial charge in [-0.3, -0.25) is 0 Å². The molecule has 0 aromatic heterocycles. The highest BCUT2D eigenvalue weighted by molar-refractivity contribution is 7.99. The fourth-order valence-corrected chi connectivity index (χ4v) is 2.80. The van der Waals surface area contributed by atoms with E-state index >= 15 is 0 Å². The second kappa shape index (κ2) is 8.00. The Morgan fingerprint density at radius 3 is 3.12 bits per heavy atom. The summed E-state index contributed by atoms with van der Waals surface area (Å²) in [6.07, 6.45) is 7.92. The summed E-state index contributed by atoms with van der Waals surface area (Å²) >= 11 is 1.83. The molecule has 2 unspecified atom stereocenters. The minimum Gasteiger partial charge on any atom is -0.313 e. The Labute approximate surface area is 105 Å². The van der Waals surface area contributed by atoms with Crippen molar-refractivity contribution in [1.82, 2.24) is 10.2 Å². The van der Waals surface area contributed by atoms with Crippen LogP contribution in [0.1, 0.15) is 19.8 Å². The lowest BCUT2D eigenvalue weighted by atomic mass is 9.92. The predicted octanol–water partition coefficient (Wildman–Crippen LogP) is 1.67. The molecular weight excluding hydrogens is 216 g/mol. The van der Waals surface area contributed by atoms with E-state index in [0.717, 1.165) is 24.0 Å². The van der Waals surface area contributed by atoms with Crippen molar-refractivity contribution in [2.75, 3.05) is 38.2 Å². The van der Waals surface area contributed by atoms with Gasteiger partial charge in [-0.05, 0) is 39.3 Å². The van der Waals surface area contributed by atoms with E-state index in [9.17, 15) is 0 Å². The number of likely N-dealkylation sites (tertiary alicyclic amines) is 1. The van der Waals surface area contributed by atoms with Gasteiger partial charge in [0.05, 0.1) is 5.75 Å². The Hall–Kier alpha value is -0.170. The van der Waals surface area contributed by atoms with Crippen LogP contribution in [0.5, 0.6) is 0 Å². The Balaban J connectivity index is 2.09. The molecule has 1 rings (SSSR count). The number of piperidine rings is 1. The number of hydrogen-bond acceptors (Lipinski definition) is 3. The predicted molar refractivity (Wildman–Crippen MR) is 73.8 cm³/mol. The third-order valence-electron chi connectivity index (χ3n) is 3.27. The molecule has 0 aromatic rings. The van der Waals surface area contributed by atoms with Gasteiger partial charge < -0.3 is 10.2 Å². The van der Waals surface area contributed by atoms with E-state index in [4.69, 9.17) is 6.42 Å². The summed E-state index contributed by atoms with van der Waals surface area (Å²) < 4.78 is 0. The molecule has 0 aliphatic carbocycles. The Morgan fingerprint density at radius 2 is 2.44 bits per heavy atom. The monoisotopic (exact) mass is 240 g/mol. The number of terminal acetylenes is 1. The van der Waals surface area contributed by atoms with Gasteiger partial charge in [-0.2, -0.15) is 0 Å². The summed E-state index contributed by atoms with van der Waals surface area (Å²) in [5.41, 5.74) is 0. The molecule has 1 heterocycles. The summed E-state index contributed by atoms with van der Waals surface area (Å²) in [4.78, 5) is 2.44. The highest BCUT2D eigenvalue weighted by Crippen LogP contribution is 2.18. The van der Waals surface area contributed by atoms with Gasteiger partial charge in [-0.1, -0.05) is 5.92 Å². The van der Waals surface area contributed by atoms with Crippen LogP contribution in [0.25, 0.3) is 0 Å². The number of rotatable bonds is 6. The van der Waals surface area contributed by atoms with Gasteiger partial charge in [-0.25, -0.2) is 0 Å². The zero-order valence-electron chi connectivity index (χ0n) is 10.5. The van der Waals surface area contributed by atoms with E-state index in [2.05, 4.69) is 30.1 Å². The van der Waals surface area contributed by atoms with Crippen LogP contribution in [0.4, 0.5) is 0 Å². The van der Waals surface area contributed by atoms with Crippen LogP contribution in [0.3, 0.4) is 0 Å². The third-order valence-corrected chi connectivity index (χ3v) is 4.13. The van der Waals surface area contributed by atoms with Crippen LogP contribution in [0.2, 0.25) is 0 Å². The molecule has 0 amide bonds. The van der Waals surface area contributed by atoms with E-state index in [1.165, 1.54) is 25.9 Å². The number of nitrogens with one attached hydrogen (secondary N) is 1. The number of nitrogens with zero attached hydrogens (tertiary/aromatic N) is 1.